The van der Waals surface area contributed by atoms with Crippen LogP contribution in [0.3, 0.4) is 0 Å². The molecule has 0 aromatic heterocycles. The van der Waals surface area contributed by atoms with Crippen molar-refractivity contribution in [1.29, 1.82) is 0 Å². The average molecular weight is 769 g/mol. The lowest BCUT2D eigenvalue weighted by molar-refractivity contribution is -0.137. The highest BCUT2D eigenvalue weighted by atomic mass is 16.5. The molecule has 4 aliphatic rings. The largest absolute Gasteiger partial charge is 0.490 e. The molecule has 308 valence electrons. The van der Waals surface area contributed by atoms with Crippen LogP contribution >= 0.6 is 0 Å². The van der Waals surface area contributed by atoms with Crippen molar-refractivity contribution in [2.45, 2.75) is 143 Å². The summed E-state index contributed by atoms with van der Waals surface area (Å²) in [5.41, 5.74) is 14.7. The molecule has 0 saturated heterocycles. The summed E-state index contributed by atoms with van der Waals surface area (Å²) in [6.45, 7) is 13.4. The van der Waals surface area contributed by atoms with Crippen molar-refractivity contribution >= 4 is 29.4 Å². The first-order valence-corrected chi connectivity index (χ1v) is 22.3. The minimum Gasteiger partial charge on any atom is -0.490 e. The van der Waals surface area contributed by atoms with Gasteiger partial charge in [-0.15, -0.1) is 0 Å². The molecule has 9 atom stereocenters. The SMILES string of the molecule is CC(C)CCC[C@@H](C)[C@H]1CCC2C3CCC4CC(Oc5ccc(C=CC(=O)OCCCCCCOC(=O)c6cc(N)cc(N)c6)cc5)CC[C@]4(C)C3CC[C@@]21C. The highest BCUT2D eigenvalue weighted by Gasteiger charge is 2.60. The fraction of sp³-hybridized carbons (Fsp3) is 0.673. The van der Waals surface area contributed by atoms with E-state index in [0.717, 1.165) is 84.8 Å². The Hall–Kier alpha value is -3.48. The van der Waals surface area contributed by atoms with Gasteiger partial charge in [0.2, 0.25) is 0 Å². The minimum atomic E-state index is -0.429. The number of ether oxygens (including phenoxy) is 3. The van der Waals surface area contributed by atoms with Crippen LogP contribution in [0.25, 0.3) is 6.08 Å². The van der Waals surface area contributed by atoms with Crippen molar-refractivity contribution in [3.05, 3.63) is 59.7 Å². The second kappa shape index (κ2) is 18.9. The van der Waals surface area contributed by atoms with Crippen LogP contribution in [0.15, 0.2) is 48.5 Å². The number of esters is 2. The molecule has 0 heterocycles. The van der Waals surface area contributed by atoms with Gasteiger partial charge in [0.05, 0.1) is 24.9 Å². The molecule has 4 N–H and O–H groups in total. The van der Waals surface area contributed by atoms with Crippen LogP contribution in [-0.4, -0.2) is 31.3 Å². The summed E-state index contributed by atoms with van der Waals surface area (Å²) in [7, 11) is 0. The van der Waals surface area contributed by atoms with E-state index in [9.17, 15) is 9.59 Å². The fourth-order valence-electron chi connectivity index (χ4n) is 12.2. The Labute approximate surface area is 338 Å². The van der Waals surface area contributed by atoms with Gasteiger partial charge in [-0.25, -0.2) is 9.59 Å². The number of hydrogen-bond donors (Lipinski definition) is 2. The summed E-state index contributed by atoms with van der Waals surface area (Å²) in [6, 6.07) is 12.8. The zero-order valence-electron chi connectivity index (χ0n) is 35.2. The van der Waals surface area contributed by atoms with Crippen LogP contribution < -0.4 is 16.2 Å². The van der Waals surface area contributed by atoms with Crippen molar-refractivity contribution in [2.75, 3.05) is 24.7 Å². The molecule has 5 unspecified atom stereocenters. The van der Waals surface area contributed by atoms with Gasteiger partial charge in [0, 0.05) is 17.5 Å². The molecular weight excluding hydrogens is 697 g/mol. The molecule has 6 rings (SSSR count). The standard InChI is InChI=1S/C49H72N2O5/c1-33(2)11-10-12-34(3)43-20-21-44-42-19-16-37-31-41(23-25-48(37,4)45(42)24-26-49(43,44)5)56-40-17-13-35(14-18-40)15-22-46(52)54-27-8-6-7-9-28-55-47(53)36-29-38(50)32-39(51)30-36/h13-15,17-18,22,29-30,32-34,37,41-45H,6-12,16,19-21,23-28,31,50-51H2,1-5H3/t34-,37?,41?,42?,43-,44?,45?,48+,49-/m1/s1. The molecule has 4 fully saturated rings. The lowest BCUT2D eigenvalue weighted by atomic mass is 9.44. The van der Waals surface area contributed by atoms with E-state index in [4.69, 9.17) is 25.7 Å². The molecule has 7 nitrogen and oxygen atoms in total. The Kier molecular flexibility index (Phi) is 14.2. The summed E-state index contributed by atoms with van der Waals surface area (Å²) in [6.07, 6.45) is 23.3. The maximum atomic E-state index is 12.3. The third kappa shape index (κ3) is 10.1. The summed E-state index contributed by atoms with van der Waals surface area (Å²) < 4.78 is 17.3. The van der Waals surface area contributed by atoms with Gasteiger partial charge >= 0.3 is 11.9 Å². The Morgan fingerprint density at radius 2 is 1.45 bits per heavy atom. The topological polar surface area (TPSA) is 114 Å². The molecule has 0 bridgehead atoms. The van der Waals surface area contributed by atoms with Crippen LogP contribution in [-0.2, 0) is 14.3 Å². The highest BCUT2D eigenvalue weighted by molar-refractivity contribution is 5.91. The van der Waals surface area contributed by atoms with Gasteiger partial charge in [-0.1, -0.05) is 66.0 Å². The number of benzene rings is 2. The maximum Gasteiger partial charge on any atom is 0.338 e. The second-order valence-corrected chi connectivity index (χ2v) is 19.2. The molecule has 56 heavy (non-hydrogen) atoms. The number of hydrogen-bond acceptors (Lipinski definition) is 7. The van der Waals surface area contributed by atoms with Gasteiger partial charge in [-0.3, -0.25) is 0 Å². The molecular formula is C49H72N2O5. The van der Waals surface area contributed by atoms with E-state index in [-0.39, 0.29) is 12.1 Å². The predicted octanol–water partition coefficient (Wildman–Crippen LogP) is 11.7. The molecule has 2 aromatic rings. The molecule has 4 aliphatic carbocycles. The smallest absolute Gasteiger partial charge is 0.338 e. The number of carbonyl (C=O) groups excluding carboxylic acids is 2. The molecule has 0 spiro atoms. The third-order valence-electron chi connectivity index (χ3n) is 15.1. The Balaban J connectivity index is 0.878. The number of rotatable bonds is 17. The van der Waals surface area contributed by atoms with E-state index in [2.05, 4.69) is 34.6 Å². The van der Waals surface area contributed by atoms with E-state index < -0.39 is 5.97 Å². The predicted molar refractivity (Wildman–Crippen MR) is 228 cm³/mol. The lowest BCUT2D eigenvalue weighted by Crippen LogP contribution is -2.54. The number of anilines is 2. The Morgan fingerprint density at radius 3 is 2.16 bits per heavy atom. The number of nitrogens with two attached hydrogens (primary N) is 2. The summed E-state index contributed by atoms with van der Waals surface area (Å²) in [5, 5.41) is 0. The van der Waals surface area contributed by atoms with E-state index in [1.54, 1.807) is 24.3 Å². The summed E-state index contributed by atoms with van der Waals surface area (Å²) in [4.78, 5) is 24.5. The van der Waals surface area contributed by atoms with Crippen LogP contribution in [0.2, 0.25) is 0 Å². The van der Waals surface area contributed by atoms with E-state index in [0.29, 0.717) is 41.0 Å². The quantitative estimate of drug-likeness (QED) is 0.0713. The molecule has 0 aliphatic heterocycles. The number of fused-ring (bicyclic) bond motifs is 5. The van der Waals surface area contributed by atoms with Gasteiger partial charge in [0.25, 0.3) is 0 Å². The zero-order valence-corrected chi connectivity index (χ0v) is 35.2. The van der Waals surface area contributed by atoms with E-state index in [1.165, 1.54) is 76.7 Å². The van der Waals surface area contributed by atoms with Crippen molar-refractivity contribution in [3.8, 4) is 5.75 Å². The lowest BCUT2D eigenvalue weighted by Gasteiger charge is -2.61. The molecule has 0 radical (unpaired) electrons. The second-order valence-electron chi connectivity index (χ2n) is 19.2. The van der Waals surface area contributed by atoms with Gasteiger partial charge < -0.3 is 25.7 Å². The van der Waals surface area contributed by atoms with Gasteiger partial charge in [0.1, 0.15) is 5.75 Å². The van der Waals surface area contributed by atoms with Gasteiger partial charge in [-0.2, -0.15) is 0 Å². The van der Waals surface area contributed by atoms with Crippen LogP contribution in [0.4, 0.5) is 11.4 Å². The third-order valence-corrected chi connectivity index (χ3v) is 15.1. The first-order chi connectivity index (χ1) is 26.9. The van der Waals surface area contributed by atoms with Crippen molar-refractivity contribution in [3.63, 3.8) is 0 Å². The minimum absolute atomic E-state index is 0.279. The molecule has 4 saturated carbocycles. The number of carbonyl (C=O) groups is 2. The normalized spacial score (nSPS) is 30.3. The van der Waals surface area contributed by atoms with Crippen molar-refractivity contribution in [2.24, 2.45) is 52.3 Å². The van der Waals surface area contributed by atoms with Crippen LogP contribution in [0, 0.1) is 52.3 Å². The van der Waals surface area contributed by atoms with Crippen molar-refractivity contribution < 1.29 is 23.8 Å². The Morgan fingerprint density at radius 1 is 0.768 bits per heavy atom. The number of unbranched alkanes of at least 4 members (excludes halogenated alkanes) is 3. The Bertz CT molecular complexity index is 1620. The van der Waals surface area contributed by atoms with E-state index in [1.807, 2.05) is 24.3 Å². The first-order valence-electron chi connectivity index (χ1n) is 22.3. The zero-order chi connectivity index (χ0) is 39.9. The van der Waals surface area contributed by atoms with Gasteiger partial charge in [0.15, 0.2) is 0 Å². The van der Waals surface area contributed by atoms with Crippen LogP contribution in [0.5, 0.6) is 5.75 Å². The average Bonchev–Trinajstić information content (AvgIpc) is 3.52. The summed E-state index contributed by atoms with van der Waals surface area (Å²) in [5.74, 6) is 6.28. The van der Waals surface area contributed by atoms with Crippen LogP contribution in [0.1, 0.15) is 153 Å². The van der Waals surface area contributed by atoms with Gasteiger partial charge in [-0.05, 0) is 178 Å². The summed E-state index contributed by atoms with van der Waals surface area (Å²) >= 11 is 0. The molecule has 2 aromatic carbocycles. The monoisotopic (exact) mass is 769 g/mol. The molecule has 7 heteroatoms. The van der Waals surface area contributed by atoms with Crippen molar-refractivity contribution in [1.82, 2.24) is 0 Å². The number of nitrogen functional groups attached to an aromatic ring is 2. The maximum absolute atomic E-state index is 12.3. The molecule has 0 amide bonds. The van der Waals surface area contributed by atoms with E-state index >= 15 is 0 Å². The fourth-order valence-corrected chi connectivity index (χ4v) is 12.2. The highest BCUT2D eigenvalue weighted by Crippen LogP contribution is 2.68. The first kappa shape index (κ1) is 42.1.